The van der Waals surface area contributed by atoms with Gasteiger partial charge in [-0.3, -0.25) is 4.79 Å². The van der Waals surface area contributed by atoms with Crippen LogP contribution in [0.4, 0.5) is 5.82 Å². The topological polar surface area (TPSA) is 92.3 Å². The van der Waals surface area contributed by atoms with Crippen molar-refractivity contribution in [1.82, 2.24) is 10.2 Å². The summed E-state index contributed by atoms with van der Waals surface area (Å²) in [6.07, 6.45) is 0.954. The van der Waals surface area contributed by atoms with Crippen molar-refractivity contribution in [3.05, 3.63) is 17.8 Å². The molecule has 1 fully saturated rings. The van der Waals surface area contributed by atoms with Crippen LogP contribution in [0.2, 0.25) is 0 Å². The number of carbonyl (C=O) groups excluding carboxylic acids is 1. The number of hydrogen-bond acceptors (Lipinski definition) is 5. The molecule has 0 radical (unpaired) electrons. The lowest BCUT2D eigenvalue weighted by Crippen LogP contribution is -2.23. The van der Waals surface area contributed by atoms with Crippen LogP contribution >= 0.6 is 0 Å². The molecule has 1 atom stereocenters. The molecule has 1 aliphatic rings. The lowest BCUT2D eigenvalue weighted by molar-refractivity contribution is 0.0994. The molecule has 16 heavy (non-hydrogen) atoms. The van der Waals surface area contributed by atoms with Crippen LogP contribution in [-0.2, 0) is 0 Å². The molecule has 1 amide bonds. The minimum atomic E-state index is -0.575. The number of nitrogens with two attached hydrogens (primary N) is 1. The first-order valence-electron chi connectivity index (χ1n) is 5.20. The van der Waals surface area contributed by atoms with Gasteiger partial charge < -0.3 is 15.7 Å². The van der Waals surface area contributed by atoms with Crippen LogP contribution < -0.4 is 10.6 Å². The van der Waals surface area contributed by atoms with E-state index in [1.807, 2.05) is 4.90 Å². The second-order valence-electron chi connectivity index (χ2n) is 3.92. The number of amides is 1. The predicted octanol–water partition coefficient (Wildman–Crippen LogP) is -0.606. The average Bonchev–Trinajstić information content (AvgIpc) is 2.77. The first-order chi connectivity index (χ1) is 7.70. The number of hydrogen-bond donors (Lipinski definition) is 2. The summed E-state index contributed by atoms with van der Waals surface area (Å²) in [5.74, 6) is 0.451. The number of nitrogens with zero attached hydrogens (tertiary/aromatic N) is 3. The maximum atomic E-state index is 10.8. The van der Waals surface area contributed by atoms with E-state index in [0.717, 1.165) is 25.3 Å². The molecule has 1 aromatic heterocycles. The largest absolute Gasteiger partial charge is 0.396 e. The third kappa shape index (κ3) is 2.11. The molecule has 1 unspecified atom stereocenters. The quantitative estimate of drug-likeness (QED) is 0.712. The van der Waals surface area contributed by atoms with Gasteiger partial charge in [-0.1, -0.05) is 0 Å². The van der Waals surface area contributed by atoms with E-state index in [2.05, 4.69) is 10.2 Å². The van der Waals surface area contributed by atoms with Crippen molar-refractivity contribution in [1.29, 1.82) is 0 Å². The molecule has 6 nitrogen and oxygen atoms in total. The third-order valence-electron chi connectivity index (χ3n) is 2.77. The summed E-state index contributed by atoms with van der Waals surface area (Å²) in [6, 6.07) is 3.30. The van der Waals surface area contributed by atoms with Gasteiger partial charge in [-0.15, -0.1) is 10.2 Å². The van der Waals surface area contributed by atoms with Crippen molar-refractivity contribution in [2.75, 3.05) is 24.6 Å². The monoisotopic (exact) mass is 222 g/mol. The van der Waals surface area contributed by atoms with Crippen LogP contribution in [0.1, 0.15) is 16.9 Å². The van der Waals surface area contributed by atoms with Crippen molar-refractivity contribution in [2.24, 2.45) is 11.7 Å². The number of primary amides is 1. The van der Waals surface area contributed by atoms with Crippen molar-refractivity contribution in [3.63, 3.8) is 0 Å². The van der Waals surface area contributed by atoms with E-state index < -0.39 is 5.91 Å². The number of aliphatic hydroxyl groups excluding tert-OH is 1. The van der Waals surface area contributed by atoms with Gasteiger partial charge in [0.25, 0.3) is 5.91 Å². The second-order valence-corrected chi connectivity index (χ2v) is 3.92. The van der Waals surface area contributed by atoms with Gasteiger partial charge in [0.1, 0.15) is 0 Å². The molecular weight excluding hydrogens is 208 g/mol. The summed E-state index contributed by atoms with van der Waals surface area (Å²) in [6.45, 7) is 1.83. The second kappa shape index (κ2) is 4.44. The Morgan fingerprint density at radius 1 is 1.56 bits per heavy atom. The molecule has 0 bridgehead atoms. The molecule has 6 heteroatoms. The molecule has 2 heterocycles. The van der Waals surface area contributed by atoms with Crippen molar-refractivity contribution >= 4 is 11.7 Å². The van der Waals surface area contributed by atoms with Gasteiger partial charge in [-0.2, -0.15) is 0 Å². The highest BCUT2D eigenvalue weighted by Crippen LogP contribution is 2.20. The molecule has 1 aromatic rings. The van der Waals surface area contributed by atoms with Crippen molar-refractivity contribution in [2.45, 2.75) is 6.42 Å². The normalized spacial score (nSPS) is 20.1. The molecular formula is C10H14N4O2. The van der Waals surface area contributed by atoms with E-state index in [1.54, 1.807) is 12.1 Å². The van der Waals surface area contributed by atoms with Crippen molar-refractivity contribution in [3.8, 4) is 0 Å². The molecule has 1 saturated heterocycles. The zero-order valence-electron chi connectivity index (χ0n) is 8.83. The molecule has 0 aromatic carbocycles. The molecule has 0 saturated carbocycles. The fourth-order valence-corrected chi connectivity index (χ4v) is 1.82. The Morgan fingerprint density at radius 3 is 2.88 bits per heavy atom. The fraction of sp³-hybridized carbons (Fsp3) is 0.500. The molecule has 2 rings (SSSR count). The molecule has 86 valence electrons. The van der Waals surface area contributed by atoms with E-state index in [4.69, 9.17) is 10.8 Å². The van der Waals surface area contributed by atoms with Crippen molar-refractivity contribution < 1.29 is 9.90 Å². The Balaban J connectivity index is 2.08. The smallest absolute Gasteiger partial charge is 0.269 e. The maximum absolute atomic E-state index is 10.8. The Hall–Kier alpha value is -1.69. The first-order valence-corrected chi connectivity index (χ1v) is 5.20. The Morgan fingerprint density at radius 2 is 2.38 bits per heavy atom. The Kier molecular flexibility index (Phi) is 3.00. The highest BCUT2D eigenvalue weighted by Gasteiger charge is 2.23. The van der Waals surface area contributed by atoms with E-state index >= 15 is 0 Å². The summed E-state index contributed by atoms with van der Waals surface area (Å²) >= 11 is 0. The van der Waals surface area contributed by atoms with Crippen LogP contribution in [0.25, 0.3) is 0 Å². The van der Waals surface area contributed by atoms with Gasteiger partial charge in [0, 0.05) is 25.6 Å². The third-order valence-corrected chi connectivity index (χ3v) is 2.77. The van der Waals surface area contributed by atoms with Gasteiger partial charge in [-0.25, -0.2) is 0 Å². The van der Waals surface area contributed by atoms with Gasteiger partial charge in [-0.05, 0) is 18.6 Å². The summed E-state index contributed by atoms with van der Waals surface area (Å²) in [5.41, 5.74) is 5.24. The van der Waals surface area contributed by atoms with E-state index in [1.165, 1.54) is 0 Å². The molecule has 1 aliphatic heterocycles. The minimum Gasteiger partial charge on any atom is -0.396 e. The Bertz CT molecular complexity index is 379. The van der Waals surface area contributed by atoms with Crippen LogP contribution in [0, 0.1) is 5.92 Å². The van der Waals surface area contributed by atoms with E-state index in [9.17, 15) is 4.79 Å². The molecule has 0 spiro atoms. The summed E-state index contributed by atoms with van der Waals surface area (Å²) in [7, 11) is 0. The number of carbonyl (C=O) groups is 1. The van der Waals surface area contributed by atoms with E-state index in [-0.39, 0.29) is 12.3 Å². The van der Waals surface area contributed by atoms with E-state index in [0.29, 0.717) is 5.92 Å². The number of aromatic nitrogens is 2. The molecule has 3 N–H and O–H groups in total. The first kappa shape index (κ1) is 10.8. The maximum Gasteiger partial charge on any atom is 0.269 e. The lowest BCUT2D eigenvalue weighted by Gasteiger charge is -2.16. The van der Waals surface area contributed by atoms with Gasteiger partial charge >= 0.3 is 0 Å². The standard InChI is InChI=1S/C10H14N4O2/c11-10(16)8-1-2-9(13-12-8)14-4-3-7(5-14)6-15/h1-2,7,15H,3-6H2,(H2,11,16). The summed E-state index contributed by atoms with van der Waals surface area (Å²) < 4.78 is 0. The summed E-state index contributed by atoms with van der Waals surface area (Å²) in [5, 5.41) is 16.7. The zero-order chi connectivity index (χ0) is 11.5. The Labute approximate surface area is 93.1 Å². The SMILES string of the molecule is NC(=O)c1ccc(N2CCC(CO)C2)nn1. The minimum absolute atomic E-state index is 0.168. The number of anilines is 1. The molecule has 0 aliphatic carbocycles. The average molecular weight is 222 g/mol. The van der Waals surface area contributed by atoms with Crippen LogP contribution in [-0.4, -0.2) is 40.9 Å². The number of aliphatic hydroxyl groups is 1. The van der Waals surface area contributed by atoms with Gasteiger partial charge in [0.05, 0.1) is 0 Å². The van der Waals surface area contributed by atoms with Gasteiger partial charge in [0.2, 0.25) is 0 Å². The number of rotatable bonds is 3. The lowest BCUT2D eigenvalue weighted by atomic mass is 10.1. The highest BCUT2D eigenvalue weighted by atomic mass is 16.3. The highest BCUT2D eigenvalue weighted by molar-refractivity contribution is 5.90. The summed E-state index contributed by atoms with van der Waals surface area (Å²) in [4.78, 5) is 12.8. The van der Waals surface area contributed by atoms with Crippen LogP contribution in [0.5, 0.6) is 0 Å². The van der Waals surface area contributed by atoms with Gasteiger partial charge in [0.15, 0.2) is 11.5 Å². The fourth-order valence-electron chi connectivity index (χ4n) is 1.82. The van der Waals surface area contributed by atoms with Crippen LogP contribution in [0.3, 0.4) is 0 Å². The predicted molar refractivity (Wildman–Crippen MR) is 58.0 cm³/mol. The zero-order valence-corrected chi connectivity index (χ0v) is 8.83. The van der Waals surface area contributed by atoms with Crippen LogP contribution in [0.15, 0.2) is 12.1 Å².